The second-order valence-corrected chi connectivity index (χ2v) is 6.80. The van der Waals surface area contributed by atoms with Gasteiger partial charge in [-0.3, -0.25) is 9.48 Å². The van der Waals surface area contributed by atoms with Crippen LogP contribution in [-0.2, 0) is 18.9 Å². The van der Waals surface area contributed by atoms with Crippen LogP contribution in [0.25, 0.3) is 0 Å². The number of aryl methyl sites for hydroxylation is 1. The van der Waals surface area contributed by atoms with Crippen LogP contribution in [0.2, 0.25) is 0 Å². The van der Waals surface area contributed by atoms with Crippen molar-refractivity contribution in [2.24, 2.45) is 7.05 Å². The number of aromatic nitrogens is 2. The Kier molecular flexibility index (Phi) is 5.07. The largest absolute Gasteiger partial charge is 0.478 e. The average molecular weight is 329 g/mol. The summed E-state index contributed by atoms with van der Waals surface area (Å²) in [6.07, 6.45) is 0.566. The molecule has 128 valence electrons. The molecule has 0 aliphatic carbocycles. The SMILES string of the molecule is Cn1nc(C(C)(C)C)cc1C(=O)NCCc1cccc(C(=O)O)c1. The molecular weight excluding hydrogens is 306 g/mol. The Labute approximate surface area is 141 Å². The molecule has 2 aromatic rings. The summed E-state index contributed by atoms with van der Waals surface area (Å²) in [5.41, 5.74) is 2.38. The van der Waals surface area contributed by atoms with E-state index in [4.69, 9.17) is 5.11 Å². The van der Waals surface area contributed by atoms with E-state index in [1.165, 1.54) is 0 Å². The smallest absolute Gasteiger partial charge is 0.335 e. The molecule has 0 bridgehead atoms. The first-order valence-corrected chi connectivity index (χ1v) is 7.83. The first-order valence-electron chi connectivity index (χ1n) is 7.83. The number of carbonyl (C=O) groups is 2. The molecule has 24 heavy (non-hydrogen) atoms. The molecule has 1 heterocycles. The Morgan fingerprint density at radius 1 is 1.25 bits per heavy atom. The molecule has 1 amide bonds. The summed E-state index contributed by atoms with van der Waals surface area (Å²) < 4.78 is 1.58. The van der Waals surface area contributed by atoms with Gasteiger partial charge in [-0.15, -0.1) is 0 Å². The zero-order valence-electron chi connectivity index (χ0n) is 14.5. The van der Waals surface area contributed by atoms with Gasteiger partial charge < -0.3 is 10.4 Å². The molecule has 0 saturated carbocycles. The first-order chi connectivity index (χ1) is 11.2. The van der Waals surface area contributed by atoms with Crippen LogP contribution in [-0.4, -0.2) is 33.3 Å². The maximum Gasteiger partial charge on any atom is 0.335 e. The lowest BCUT2D eigenvalue weighted by molar-refractivity contribution is 0.0696. The lowest BCUT2D eigenvalue weighted by Gasteiger charge is -2.13. The van der Waals surface area contributed by atoms with Gasteiger partial charge in [-0.05, 0) is 30.2 Å². The summed E-state index contributed by atoms with van der Waals surface area (Å²) >= 11 is 0. The average Bonchev–Trinajstić information content (AvgIpc) is 2.89. The highest BCUT2D eigenvalue weighted by atomic mass is 16.4. The van der Waals surface area contributed by atoms with E-state index in [1.54, 1.807) is 36.0 Å². The van der Waals surface area contributed by atoms with Crippen molar-refractivity contribution in [2.45, 2.75) is 32.6 Å². The maximum absolute atomic E-state index is 12.3. The molecule has 2 N–H and O–H groups in total. The van der Waals surface area contributed by atoms with Crippen LogP contribution in [0.1, 0.15) is 52.9 Å². The number of hydrogen-bond donors (Lipinski definition) is 2. The van der Waals surface area contributed by atoms with Crippen LogP contribution < -0.4 is 5.32 Å². The first kappa shape index (κ1) is 17.7. The zero-order chi connectivity index (χ0) is 17.9. The second-order valence-electron chi connectivity index (χ2n) is 6.80. The molecule has 0 unspecified atom stereocenters. The molecule has 0 fully saturated rings. The third-order valence-corrected chi connectivity index (χ3v) is 3.75. The van der Waals surface area contributed by atoms with Gasteiger partial charge in [0.1, 0.15) is 5.69 Å². The van der Waals surface area contributed by atoms with Gasteiger partial charge in [-0.2, -0.15) is 5.10 Å². The number of rotatable bonds is 5. The van der Waals surface area contributed by atoms with Crippen molar-refractivity contribution in [1.82, 2.24) is 15.1 Å². The Bertz CT molecular complexity index is 757. The minimum atomic E-state index is -0.953. The van der Waals surface area contributed by atoms with Crippen molar-refractivity contribution in [1.29, 1.82) is 0 Å². The molecule has 2 rings (SSSR count). The van der Waals surface area contributed by atoms with E-state index in [0.717, 1.165) is 11.3 Å². The summed E-state index contributed by atoms with van der Waals surface area (Å²) in [4.78, 5) is 23.3. The number of benzene rings is 1. The van der Waals surface area contributed by atoms with Crippen molar-refractivity contribution < 1.29 is 14.7 Å². The third-order valence-electron chi connectivity index (χ3n) is 3.75. The molecular formula is C18H23N3O3. The van der Waals surface area contributed by atoms with Crippen LogP contribution in [0.4, 0.5) is 0 Å². The van der Waals surface area contributed by atoms with Crippen LogP contribution in [0.15, 0.2) is 30.3 Å². The maximum atomic E-state index is 12.3. The molecule has 0 aliphatic rings. The van der Waals surface area contributed by atoms with Crippen LogP contribution in [0.5, 0.6) is 0 Å². The number of amides is 1. The Hall–Kier alpha value is -2.63. The minimum Gasteiger partial charge on any atom is -0.478 e. The van der Waals surface area contributed by atoms with E-state index in [9.17, 15) is 9.59 Å². The summed E-state index contributed by atoms with van der Waals surface area (Å²) in [5, 5.41) is 16.2. The molecule has 0 spiro atoms. The highest BCUT2D eigenvalue weighted by molar-refractivity contribution is 5.92. The fourth-order valence-electron chi connectivity index (χ4n) is 2.32. The van der Waals surface area contributed by atoms with Crippen LogP contribution in [0.3, 0.4) is 0 Å². The van der Waals surface area contributed by atoms with E-state index >= 15 is 0 Å². The van der Waals surface area contributed by atoms with Crippen LogP contribution in [0, 0.1) is 0 Å². The van der Waals surface area contributed by atoms with Crippen molar-refractivity contribution in [3.8, 4) is 0 Å². The number of carboxylic acids is 1. The van der Waals surface area contributed by atoms with Gasteiger partial charge in [0.2, 0.25) is 0 Å². The zero-order valence-corrected chi connectivity index (χ0v) is 14.5. The molecule has 6 heteroatoms. The normalized spacial score (nSPS) is 11.3. The summed E-state index contributed by atoms with van der Waals surface area (Å²) in [6.45, 7) is 6.57. The van der Waals surface area contributed by atoms with E-state index in [1.807, 2.05) is 26.8 Å². The number of hydrogen-bond acceptors (Lipinski definition) is 3. The third kappa shape index (κ3) is 4.22. The molecule has 0 saturated heterocycles. The number of carbonyl (C=O) groups excluding carboxylic acids is 1. The molecule has 6 nitrogen and oxygen atoms in total. The van der Waals surface area contributed by atoms with Crippen molar-refractivity contribution >= 4 is 11.9 Å². The summed E-state index contributed by atoms with van der Waals surface area (Å²) in [7, 11) is 1.75. The minimum absolute atomic E-state index is 0.117. The topological polar surface area (TPSA) is 84.2 Å². The van der Waals surface area contributed by atoms with Gasteiger partial charge >= 0.3 is 5.97 Å². The number of aromatic carboxylic acids is 1. The van der Waals surface area contributed by atoms with Crippen molar-refractivity contribution in [2.75, 3.05) is 6.54 Å². The Morgan fingerprint density at radius 3 is 2.54 bits per heavy atom. The Morgan fingerprint density at radius 2 is 1.96 bits per heavy atom. The lowest BCUT2D eigenvalue weighted by atomic mass is 9.92. The molecule has 0 atom stereocenters. The highest BCUT2D eigenvalue weighted by Crippen LogP contribution is 2.21. The van der Waals surface area contributed by atoms with Crippen molar-refractivity contribution in [3.63, 3.8) is 0 Å². The fraction of sp³-hybridized carbons (Fsp3) is 0.389. The second kappa shape index (κ2) is 6.86. The molecule has 1 aromatic heterocycles. The summed E-state index contributed by atoms with van der Waals surface area (Å²) in [6, 6.07) is 8.53. The quantitative estimate of drug-likeness (QED) is 0.882. The number of nitrogens with zero attached hydrogens (tertiary/aromatic N) is 2. The van der Waals surface area contributed by atoms with Gasteiger partial charge in [-0.25, -0.2) is 4.79 Å². The van der Waals surface area contributed by atoms with Gasteiger partial charge in [0.15, 0.2) is 0 Å². The fourth-order valence-corrected chi connectivity index (χ4v) is 2.32. The highest BCUT2D eigenvalue weighted by Gasteiger charge is 2.21. The van der Waals surface area contributed by atoms with E-state index in [-0.39, 0.29) is 16.9 Å². The predicted molar refractivity (Wildman–Crippen MR) is 91.3 cm³/mol. The lowest BCUT2D eigenvalue weighted by Crippen LogP contribution is -2.27. The number of carboxylic acid groups (broad SMARTS) is 1. The summed E-state index contributed by atoms with van der Waals surface area (Å²) in [5.74, 6) is -1.14. The molecule has 0 aliphatic heterocycles. The number of nitrogens with one attached hydrogen (secondary N) is 1. The van der Waals surface area contributed by atoms with E-state index < -0.39 is 5.97 Å². The van der Waals surface area contributed by atoms with Crippen molar-refractivity contribution in [3.05, 3.63) is 52.8 Å². The van der Waals surface area contributed by atoms with Gasteiger partial charge in [0.05, 0.1) is 11.3 Å². The standard InChI is InChI=1S/C18H23N3O3/c1-18(2,3)15-11-14(21(4)20-15)16(22)19-9-8-12-6-5-7-13(10-12)17(23)24/h5-7,10-11H,8-9H2,1-4H3,(H,19,22)(H,23,24). The van der Waals surface area contributed by atoms with E-state index in [0.29, 0.717) is 18.7 Å². The van der Waals surface area contributed by atoms with E-state index in [2.05, 4.69) is 10.4 Å². The van der Waals surface area contributed by atoms with Crippen LogP contribution >= 0.6 is 0 Å². The Balaban J connectivity index is 1.98. The van der Waals surface area contributed by atoms with Gasteiger partial charge in [0.25, 0.3) is 5.91 Å². The molecule has 1 aromatic carbocycles. The molecule has 0 radical (unpaired) electrons. The predicted octanol–water partition coefficient (Wildman–Crippen LogP) is 2.39. The monoisotopic (exact) mass is 329 g/mol. The van der Waals surface area contributed by atoms with Gasteiger partial charge in [0, 0.05) is 19.0 Å². The van der Waals surface area contributed by atoms with Gasteiger partial charge in [-0.1, -0.05) is 32.9 Å².